The Kier molecular flexibility index (Phi) is 3.72. The predicted molar refractivity (Wildman–Crippen MR) is 80.7 cm³/mol. The molecular formula is C15H8BrFN2O3. The summed E-state index contributed by atoms with van der Waals surface area (Å²) in [5, 5.41) is 17.4. The number of ether oxygens (including phenoxy) is 1. The largest absolute Gasteiger partial charge is 0.477 e. The Balaban J connectivity index is 2.16. The summed E-state index contributed by atoms with van der Waals surface area (Å²) < 4.78 is 19.5. The molecule has 0 aliphatic carbocycles. The first-order valence-electron chi connectivity index (χ1n) is 6.18. The quantitative estimate of drug-likeness (QED) is 0.761. The lowest BCUT2D eigenvalue weighted by Crippen LogP contribution is -2.05. The first-order valence-corrected chi connectivity index (χ1v) is 6.98. The van der Waals surface area contributed by atoms with E-state index in [-0.39, 0.29) is 21.7 Å². The predicted octanol–water partition coefficient (Wildman–Crippen LogP) is 4.02. The summed E-state index contributed by atoms with van der Waals surface area (Å²) >= 11 is 3.04. The molecule has 0 fully saturated rings. The number of carbonyl (C=O) groups is 1. The van der Waals surface area contributed by atoms with Crippen LogP contribution in [0.5, 0.6) is 11.6 Å². The molecule has 1 N–H and O–H groups in total. The Morgan fingerprint density at radius 1 is 1.14 bits per heavy atom. The molecule has 0 bridgehead atoms. The van der Waals surface area contributed by atoms with Crippen LogP contribution in [-0.4, -0.2) is 21.3 Å². The zero-order valence-electron chi connectivity index (χ0n) is 11.0. The van der Waals surface area contributed by atoms with Crippen LogP contribution in [-0.2, 0) is 0 Å². The number of nitrogens with zero attached hydrogens (tertiary/aromatic N) is 2. The molecule has 1 aromatic heterocycles. The molecule has 22 heavy (non-hydrogen) atoms. The van der Waals surface area contributed by atoms with Crippen molar-refractivity contribution in [3.63, 3.8) is 0 Å². The number of carboxylic acids is 1. The summed E-state index contributed by atoms with van der Waals surface area (Å²) in [4.78, 5) is 11.5. The molecule has 5 nitrogen and oxygen atoms in total. The maximum Gasteiger partial charge on any atom is 0.342 e. The molecule has 0 amide bonds. The van der Waals surface area contributed by atoms with Crippen molar-refractivity contribution >= 4 is 32.8 Å². The first-order chi connectivity index (χ1) is 10.6. The number of aromatic nitrogens is 2. The van der Waals surface area contributed by atoms with E-state index in [0.717, 1.165) is 0 Å². The molecule has 1 heterocycles. The van der Waals surface area contributed by atoms with Gasteiger partial charge >= 0.3 is 5.97 Å². The van der Waals surface area contributed by atoms with Crippen molar-refractivity contribution in [1.29, 1.82) is 0 Å². The minimum absolute atomic E-state index is 0.138. The fraction of sp³-hybridized carbons (Fsp3) is 0. The highest BCUT2D eigenvalue weighted by atomic mass is 79.9. The molecule has 0 saturated heterocycles. The fourth-order valence-corrected chi connectivity index (χ4v) is 2.33. The molecule has 0 spiro atoms. The average Bonchev–Trinajstić information content (AvgIpc) is 2.51. The molecule has 3 aromatic rings. The van der Waals surface area contributed by atoms with Gasteiger partial charge in [-0.25, -0.2) is 9.18 Å². The second-order valence-corrected chi connectivity index (χ2v) is 5.21. The van der Waals surface area contributed by atoms with Crippen LogP contribution in [0.3, 0.4) is 0 Å². The van der Waals surface area contributed by atoms with E-state index in [4.69, 9.17) is 4.74 Å². The van der Waals surface area contributed by atoms with E-state index < -0.39 is 11.8 Å². The van der Waals surface area contributed by atoms with E-state index in [1.807, 2.05) is 0 Å². The smallest absolute Gasteiger partial charge is 0.342 e. The van der Waals surface area contributed by atoms with Crippen molar-refractivity contribution in [3.8, 4) is 11.6 Å². The number of fused-ring (bicyclic) bond motifs is 1. The lowest BCUT2D eigenvalue weighted by molar-refractivity contribution is 0.0695. The van der Waals surface area contributed by atoms with Crippen LogP contribution in [0.1, 0.15) is 10.4 Å². The van der Waals surface area contributed by atoms with Gasteiger partial charge in [0, 0.05) is 5.39 Å². The van der Waals surface area contributed by atoms with Gasteiger partial charge in [0.1, 0.15) is 5.56 Å². The van der Waals surface area contributed by atoms with Gasteiger partial charge in [0.25, 0.3) is 5.88 Å². The summed E-state index contributed by atoms with van der Waals surface area (Å²) in [5.74, 6) is -2.27. The van der Waals surface area contributed by atoms with Crippen LogP contribution in [0.4, 0.5) is 4.39 Å². The minimum Gasteiger partial charge on any atom is -0.477 e. The molecule has 0 unspecified atom stereocenters. The average molecular weight is 363 g/mol. The van der Waals surface area contributed by atoms with Crippen LogP contribution in [0.25, 0.3) is 10.9 Å². The van der Waals surface area contributed by atoms with E-state index in [9.17, 15) is 14.3 Å². The Labute approximate surface area is 132 Å². The monoisotopic (exact) mass is 362 g/mol. The van der Waals surface area contributed by atoms with E-state index in [1.54, 1.807) is 30.3 Å². The van der Waals surface area contributed by atoms with Crippen LogP contribution in [0.15, 0.2) is 46.9 Å². The normalized spacial score (nSPS) is 10.6. The molecule has 0 radical (unpaired) electrons. The second-order valence-electron chi connectivity index (χ2n) is 4.36. The summed E-state index contributed by atoms with van der Waals surface area (Å²) in [7, 11) is 0. The zero-order valence-corrected chi connectivity index (χ0v) is 12.5. The highest BCUT2D eigenvalue weighted by molar-refractivity contribution is 9.10. The molecule has 0 aliphatic heterocycles. The first kappa shape index (κ1) is 14.4. The van der Waals surface area contributed by atoms with Crippen molar-refractivity contribution in [2.75, 3.05) is 0 Å². The van der Waals surface area contributed by atoms with Gasteiger partial charge in [0.2, 0.25) is 0 Å². The van der Waals surface area contributed by atoms with E-state index in [0.29, 0.717) is 10.9 Å². The third-order valence-corrected chi connectivity index (χ3v) is 3.58. The Morgan fingerprint density at radius 3 is 2.68 bits per heavy atom. The zero-order chi connectivity index (χ0) is 15.7. The Bertz CT molecular complexity index is 886. The summed E-state index contributed by atoms with van der Waals surface area (Å²) in [6, 6.07) is 11.1. The molecule has 0 atom stereocenters. The van der Waals surface area contributed by atoms with Gasteiger partial charge in [-0.2, -0.15) is 0 Å². The van der Waals surface area contributed by atoms with Crippen molar-refractivity contribution in [3.05, 3.63) is 58.3 Å². The third kappa shape index (κ3) is 2.50. The van der Waals surface area contributed by atoms with Gasteiger partial charge in [-0.05, 0) is 34.1 Å². The highest BCUT2D eigenvalue weighted by Gasteiger charge is 2.20. The lowest BCUT2D eigenvalue weighted by Gasteiger charge is -2.10. The molecule has 110 valence electrons. The SMILES string of the molecule is O=C(O)c1c(Oc2cccc(Br)c2F)nnc2ccccc12. The van der Waals surface area contributed by atoms with Crippen LogP contribution >= 0.6 is 15.9 Å². The molecular weight excluding hydrogens is 355 g/mol. The molecule has 2 aromatic carbocycles. The minimum atomic E-state index is -1.23. The van der Waals surface area contributed by atoms with Gasteiger partial charge in [-0.1, -0.05) is 24.3 Å². The lowest BCUT2D eigenvalue weighted by atomic mass is 10.1. The molecule has 7 heteroatoms. The number of hydrogen-bond acceptors (Lipinski definition) is 4. The van der Waals surface area contributed by atoms with Gasteiger partial charge in [-0.15, -0.1) is 10.2 Å². The second kappa shape index (κ2) is 5.69. The van der Waals surface area contributed by atoms with Gasteiger partial charge < -0.3 is 9.84 Å². The number of aromatic carboxylic acids is 1. The number of benzene rings is 2. The van der Waals surface area contributed by atoms with Crippen molar-refractivity contribution in [2.24, 2.45) is 0 Å². The number of rotatable bonds is 3. The molecule has 0 aliphatic rings. The van der Waals surface area contributed by atoms with Gasteiger partial charge in [-0.3, -0.25) is 0 Å². The third-order valence-electron chi connectivity index (χ3n) is 2.97. The van der Waals surface area contributed by atoms with Gasteiger partial charge in [0.15, 0.2) is 11.6 Å². The summed E-state index contributed by atoms with van der Waals surface area (Å²) in [6.07, 6.45) is 0. The standard InChI is InChI=1S/C15H8BrFN2O3/c16-9-5-3-7-11(13(9)17)22-14-12(15(20)21)8-4-1-2-6-10(8)18-19-14/h1-7H,(H,20,21). The van der Waals surface area contributed by atoms with Crippen molar-refractivity contribution < 1.29 is 19.0 Å². The summed E-state index contributed by atoms with van der Waals surface area (Å²) in [5.41, 5.74) is 0.256. The number of carboxylic acid groups (broad SMARTS) is 1. The maximum absolute atomic E-state index is 14.0. The molecule has 3 rings (SSSR count). The van der Waals surface area contributed by atoms with Crippen LogP contribution in [0.2, 0.25) is 0 Å². The Hall–Kier alpha value is -2.54. The van der Waals surface area contributed by atoms with Crippen molar-refractivity contribution in [2.45, 2.75) is 0 Å². The Morgan fingerprint density at radius 2 is 1.91 bits per heavy atom. The van der Waals surface area contributed by atoms with Crippen molar-refractivity contribution in [1.82, 2.24) is 10.2 Å². The topological polar surface area (TPSA) is 72.3 Å². The van der Waals surface area contributed by atoms with Crippen LogP contribution < -0.4 is 4.74 Å². The van der Waals surface area contributed by atoms with E-state index in [2.05, 4.69) is 26.1 Å². The van der Waals surface area contributed by atoms with Gasteiger partial charge in [0.05, 0.1) is 9.99 Å². The maximum atomic E-state index is 14.0. The number of halogens is 2. The fourth-order valence-electron chi connectivity index (χ4n) is 1.98. The van der Waals surface area contributed by atoms with Crippen LogP contribution in [0, 0.1) is 5.82 Å². The van der Waals surface area contributed by atoms with E-state index in [1.165, 1.54) is 12.1 Å². The highest BCUT2D eigenvalue weighted by Crippen LogP contribution is 2.31. The summed E-state index contributed by atoms with van der Waals surface area (Å²) in [6.45, 7) is 0. The van der Waals surface area contributed by atoms with E-state index >= 15 is 0 Å². The number of hydrogen-bond donors (Lipinski definition) is 1. The molecule has 0 saturated carbocycles.